The number of fused-ring (bicyclic) bond motifs is 1. The predicted molar refractivity (Wildman–Crippen MR) is 135 cm³/mol. The molecule has 1 unspecified atom stereocenters. The Bertz CT molecular complexity index is 1430. The summed E-state index contributed by atoms with van der Waals surface area (Å²) in [7, 11) is 0. The van der Waals surface area contributed by atoms with Gasteiger partial charge in [-0.1, -0.05) is 18.2 Å². The summed E-state index contributed by atoms with van der Waals surface area (Å²) in [4.78, 5) is 31.7. The number of ether oxygens (including phenoxy) is 1. The highest BCUT2D eigenvalue weighted by atomic mass is 32.1. The van der Waals surface area contributed by atoms with Crippen LogP contribution >= 0.6 is 11.3 Å². The van der Waals surface area contributed by atoms with Crippen LogP contribution in [-0.4, -0.2) is 34.3 Å². The lowest BCUT2D eigenvalue weighted by atomic mass is 9.87. The molecule has 1 fully saturated rings. The van der Waals surface area contributed by atoms with E-state index in [0.717, 1.165) is 29.5 Å². The zero-order chi connectivity index (χ0) is 25.4. The third-order valence-electron chi connectivity index (χ3n) is 6.58. The molecule has 9 heteroatoms. The molecule has 0 spiro atoms. The summed E-state index contributed by atoms with van der Waals surface area (Å²) >= 11 is 1.38. The number of halogens is 1. The molecule has 1 aliphatic carbocycles. The summed E-state index contributed by atoms with van der Waals surface area (Å²) in [6, 6.07) is 15.2. The van der Waals surface area contributed by atoms with Gasteiger partial charge in [-0.2, -0.15) is 0 Å². The summed E-state index contributed by atoms with van der Waals surface area (Å²) < 4.78 is 25.2. The first-order valence-electron chi connectivity index (χ1n) is 12.2. The van der Waals surface area contributed by atoms with E-state index in [4.69, 9.17) is 9.15 Å². The van der Waals surface area contributed by atoms with Crippen LogP contribution in [0.3, 0.4) is 0 Å². The molecule has 188 valence electrons. The van der Waals surface area contributed by atoms with Crippen LogP contribution in [0.1, 0.15) is 61.6 Å². The minimum absolute atomic E-state index is 0.151. The lowest BCUT2D eigenvalue weighted by Crippen LogP contribution is -2.40. The maximum Gasteiger partial charge on any atom is 0.290 e. The minimum Gasteiger partial charge on any atom is -0.486 e. The Morgan fingerprint density at radius 3 is 2.76 bits per heavy atom. The average molecular weight is 518 g/mol. The van der Waals surface area contributed by atoms with E-state index in [9.17, 15) is 14.0 Å². The van der Waals surface area contributed by atoms with E-state index in [-0.39, 0.29) is 36.0 Å². The van der Waals surface area contributed by atoms with Crippen molar-refractivity contribution in [1.82, 2.24) is 15.2 Å². The van der Waals surface area contributed by atoms with Crippen molar-refractivity contribution in [1.29, 1.82) is 0 Å². The van der Waals surface area contributed by atoms with E-state index in [1.807, 2.05) is 18.2 Å². The van der Waals surface area contributed by atoms with Crippen LogP contribution in [0.4, 0.5) is 4.39 Å². The van der Waals surface area contributed by atoms with Crippen molar-refractivity contribution in [2.45, 2.75) is 38.0 Å². The van der Waals surface area contributed by atoms with Gasteiger partial charge in [0, 0.05) is 18.0 Å². The number of carbonyl (C=O) groups is 2. The summed E-state index contributed by atoms with van der Waals surface area (Å²) in [5.74, 6) is 0.165. The van der Waals surface area contributed by atoms with Gasteiger partial charge in [-0.25, -0.2) is 9.37 Å². The molecule has 2 aromatic carbocycles. The normalized spacial score (nSPS) is 16.8. The maximum absolute atomic E-state index is 13.7. The van der Waals surface area contributed by atoms with E-state index in [2.05, 4.69) is 10.3 Å². The van der Waals surface area contributed by atoms with Crippen molar-refractivity contribution >= 4 is 23.2 Å². The SMILES string of the molecule is O=C(NC1CC1)c1csc(COc2ccc3c(c2)C(c2ccc(F)cc2)N(C(=O)c2ccco2)CC3)n1. The largest absolute Gasteiger partial charge is 0.486 e. The number of nitrogens with zero attached hydrogens (tertiary/aromatic N) is 2. The topological polar surface area (TPSA) is 84.7 Å². The molecule has 1 N–H and O–H groups in total. The molecule has 4 aromatic rings. The number of amides is 2. The molecule has 2 amide bonds. The Balaban J connectivity index is 1.25. The molecule has 1 atom stereocenters. The molecule has 1 aliphatic heterocycles. The standard InChI is InChI=1S/C28H24FN3O4S/c29-19-6-3-18(4-7-19)26-22-14-21(36-15-25-31-23(16-37-25)27(33)30-20-8-9-20)10-5-17(22)11-12-32(26)28(34)24-2-1-13-35-24/h1-7,10,13-14,16,20,26H,8-9,11-12,15H2,(H,30,33). The first-order valence-corrected chi connectivity index (χ1v) is 13.0. The Kier molecular flexibility index (Phi) is 6.21. The molecule has 1 saturated carbocycles. The second-order valence-electron chi connectivity index (χ2n) is 9.20. The fraction of sp³-hybridized carbons (Fsp3) is 0.250. The van der Waals surface area contributed by atoms with E-state index in [1.165, 1.54) is 29.7 Å². The molecular formula is C28H24FN3O4S. The van der Waals surface area contributed by atoms with E-state index >= 15 is 0 Å². The lowest BCUT2D eigenvalue weighted by Gasteiger charge is -2.37. The van der Waals surface area contributed by atoms with Crippen LogP contribution in [0.2, 0.25) is 0 Å². The van der Waals surface area contributed by atoms with Crippen molar-refractivity contribution < 1.29 is 23.1 Å². The number of carbonyl (C=O) groups excluding carboxylic acids is 2. The Morgan fingerprint density at radius 1 is 1.16 bits per heavy atom. The molecule has 3 heterocycles. The third-order valence-corrected chi connectivity index (χ3v) is 7.41. The van der Waals surface area contributed by atoms with Crippen molar-refractivity contribution in [3.63, 3.8) is 0 Å². The van der Waals surface area contributed by atoms with Crippen LogP contribution in [0.25, 0.3) is 0 Å². The average Bonchev–Trinajstić information content (AvgIpc) is 3.35. The van der Waals surface area contributed by atoms with Crippen LogP contribution in [0.15, 0.2) is 70.7 Å². The summed E-state index contributed by atoms with van der Waals surface area (Å²) in [6.07, 6.45) is 4.19. The van der Waals surface area contributed by atoms with Crippen LogP contribution in [0.5, 0.6) is 5.75 Å². The van der Waals surface area contributed by atoms with Crippen LogP contribution < -0.4 is 10.1 Å². The fourth-order valence-electron chi connectivity index (χ4n) is 4.56. The van der Waals surface area contributed by atoms with Gasteiger partial charge in [-0.15, -0.1) is 11.3 Å². The highest BCUT2D eigenvalue weighted by molar-refractivity contribution is 7.09. The van der Waals surface area contributed by atoms with Crippen molar-refractivity contribution in [2.24, 2.45) is 0 Å². The maximum atomic E-state index is 13.7. The number of furan rings is 1. The second kappa shape index (κ2) is 9.82. The monoisotopic (exact) mass is 517 g/mol. The molecule has 7 nitrogen and oxygen atoms in total. The van der Waals surface area contributed by atoms with E-state index in [0.29, 0.717) is 29.4 Å². The third kappa shape index (κ3) is 4.99. The lowest BCUT2D eigenvalue weighted by molar-refractivity contribution is 0.0661. The predicted octanol–water partition coefficient (Wildman–Crippen LogP) is 5.13. The van der Waals surface area contributed by atoms with Gasteiger partial charge in [0.2, 0.25) is 0 Å². The van der Waals surface area contributed by atoms with Gasteiger partial charge in [0.1, 0.15) is 28.9 Å². The van der Waals surface area contributed by atoms with Gasteiger partial charge in [0.05, 0.1) is 12.3 Å². The second-order valence-corrected chi connectivity index (χ2v) is 10.1. The minimum atomic E-state index is -0.428. The summed E-state index contributed by atoms with van der Waals surface area (Å²) in [6.45, 7) is 0.718. The molecule has 0 bridgehead atoms. The summed E-state index contributed by atoms with van der Waals surface area (Å²) in [5.41, 5.74) is 3.22. The molecule has 0 saturated heterocycles. The molecule has 0 radical (unpaired) electrons. The fourth-order valence-corrected chi connectivity index (χ4v) is 5.25. The molecular weight excluding hydrogens is 493 g/mol. The molecule has 6 rings (SSSR count). The first kappa shape index (κ1) is 23.4. The van der Waals surface area contributed by atoms with E-state index in [1.54, 1.807) is 34.5 Å². The number of hydrogen-bond acceptors (Lipinski definition) is 6. The molecule has 2 aromatic heterocycles. The Labute approximate surface area is 216 Å². The van der Waals surface area contributed by atoms with Crippen molar-refractivity contribution in [2.75, 3.05) is 6.54 Å². The number of thiazole rings is 1. The van der Waals surface area contributed by atoms with Gasteiger partial charge in [-0.05, 0) is 72.4 Å². The van der Waals surface area contributed by atoms with Crippen molar-refractivity contribution in [3.8, 4) is 5.75 Å². The van der Waals surface area contributed by atoms with Crippen LogP contribution in [-0.2, 0) is 13.0 Å². The molecule has 2 aliphatic rings. The number of hydrogen-bond donors (Lipinski definition) is 1. The summed E-state index contributed by atoms with van der Waals surface area (Å²) in [5, 5.41) is 5.38. The van der Waals surface area contributed by atoms with Gasteiger partial charge >= 0.3 is 0 Å². The highest BCUT2D eigenvalue weighted by Gasteiger charge is 2.34. The van der Waals surface area contributed by atoms with Gasteiger partial charge in [0.25, 0.3) is 11.8 Å². The van der Waals surface area contributed by atoms with Gasteiger partial charge < -0.3 is 19.4 Å². The van der Waals surface area contributed by atoms with Gasteiger partial charge in [0.15, 0.2) is 5.76 Å². The number of nitrogens with one attached hydrogen (secondary N) is 1. The van der Waals surface area contributed by atoms with Crippen LogP contribution in [0, 0.1) is 5.82 Å². The smallest absolute Gasteiger partial charge is 0.290 e. The number of benzene rings is 2. The number of rotatable bonds is 7. The quantitative estimate of drug-likeness (QED) is 0.367. The zero-order valence-corrected chi connectivity index (χ0v) is 20.7. The Hall–Kier alpha value is -3.98. The molecule has 37 heavy (non-hydrogen) atoms. The Morgan fingerprint density at radius 2 is 2.00 bits per heavy atom. The first-order chi connectivity index (χ1) is 18.0. The van der Waals surface area contributed by atoms with Crippen molar-refractivity contribution in [3.05, 3.63) is 105 Å². The highest BCUT2D eigenvalue weighted by Crippen LogP contribution is 2.38. The zero-order valence-electron chi connectivity index (χ0n) is 19.9. The van der Waals surface area contributed by atoms with Gasteiger partial charge in [-0.3, -0.25) is 9.59 Å². The van der Waals surface area contributed by atoms with E-state index < -0.39 is 6.04 Å². The number of aromatic nitrogens is 1.